The van der Waals surface area contributed by atoms with Crippen molar-refractivity contribution in [3.8, 4) is 0 Å². The summed E-state index contributed by atoms with van der Waals surface area (Å²) >= 11 is 6.16. The van der Waals surface area contributed by atoms with Gasteiger partial charge in [0.25, 0.3) is 0 Å². The molecule has 1 atom stereocenters. The molecule has 13 heteroatoms. The monoisotopic (exact) mass is 582 g/mol. The topological polar surface area (TPSA) is 141 Å². The van der Waals surface area contributed by atoms with Gasteiger partial charge in [-0.25, -0.2) is 0 Å². The zero-order valence-corrected chi connectivity index (χ0v) is 24.3. The summed E-state index contributed by atoms with van der Waals surface area (Å²) in [5.74, 6) is -0.628. The number of sulfonamides is 1. The fourth-order valence-corrected chi connectivity index (χ4v) is 7.57. The van der Waals surface area contributed by atoms with Gasteiger partial charge < -0.3 is 0 Å². The summed E-state index contributed by atoms with van der Waals surface area (Å²) in [5, 5.41) is 15.3. The average Bonchev–Trinajstić information content (AvgIpc) is 3.02. The summed E-state index contributed by atoms with van der Waals surface area (Å²) in [5.41, 5.74) is 0.834. The zero-order chi connectivity index (χ0) is 28.0. The molecule has 0 fully saturated rings. The molecular weight excluding hydrogens is 551 g/mol. The Morgan fingerprint density at radius 2 is 1.95 bits per heavy atom. The standard InChI is InChI=1S/C25H32ClN4O6PS/c1-6-36-37(33)19-13-17(29-38(5,34)35)10-11-18(19)27-23(28-37)20-21(31)22(25(2,3)4)30(24(20)32)14-15-8-7-9-16(26)12-15/h7-13,22,29,31,33,37H,6,14H2,1-5H3,(H,27,28)/t22-/m1/s1. The molecule has 2 heterocycles. The molecule has 206 valence electrons. The fourth-order valence-electron chi connectivity index (χ4n) is 4.75. The van der Waals surface area contributed by atoms with E-state index in [-0.39, 0.29) is 41.3 Å². The Hall–Kier alpha value is -2.69. The molecule has 2 aromatic carbocycles. The molecule has 0 unspecified atom stereocenters. The predicted molar refractivity (Wildman–Crippen MR) is 153 cm³/mol. The summed E-state index contributed by atoms with van der Waals surface area (Å²) < 4.78 is 36.0. The van der Waals surface area contributed by atoms with Crippen LogP contribution in [-0.2, 0) is 25.9 Å². The van der Waals surface area contributed by atoms with Crippen LogP contribution in [0, 0.1) is 5.41 Å². The number of nitrogens with zero attached hydrogens (tertiary/aromatic N) is 2. The molecule has 2 aliphatic heterocycles. The molecule has 0 aliphatic carbocycles. The van der Waals surface area contributed by atoms with Crippen molar-refractivity contribution in [2.45, 2.75) is 40.3 Å². The molecule has 0 saturated heterocycles. The van der Waals surface area contributed by atoms with E-state index in [1.165, 1.54) is 12.1 Å². The Morgan fingerprint density at radius 3 is 2.55 bits per heavy atom. The van der Waals surface area contributed by atoms with Crippen LogP contribution in [0.15, 0.2) is 58.6 Å². The number of aliphatic hydroxyl groups excluding tert-OH is 1. The van der Waals surface area contributed by atoms with E-state index < -0.39 is 35.3 Å². The van der Waals surface area contributed by atoms with Gasteiger partial charge in [0.15, 0.2) is 0 Å². The van der Waals surface area contributed by atoms with Crippen molar-refractivity contribution < 1.29 is 27.7 Å². The second-order valence-corrected chi connectivity index (χ2v) is 14.8. The number of anilines is 2. The number of carbonyl (C=O) groups excluding carboxylic acids is 1. The van der Waals surface area contributed by atoms with E-state index in [1.807, 2.05) is 26.8 Å². The molecule has 0 saturated carbocycles. The van der Waals surface area contributed by atoms with Crippen LogP contribution < -0.4 is 15.3 Å². The van der Waals surface area contributed by atoms with Crippen LogP contribution >= 0.6 is 19.5 Å². The van der Waals surface area contributed by atoms with Gasteiger partial charge >= 0.3 is 228 Å². The van der Waals surface area contributed by atoms with Gasteiger partial charge in [-0.2, -0.15) is 0 Å². The minimum atomic E-state index is -4.07. The SMILES string of the molecule is CCO[PH]1(O)N=C(C2=C(O)[C@H](C(C)(C)C)N(Cc3cccc(Cl)c3)C2=O)Nc2ccc(NS(C)(=O)=O)cc21. The zero-order valence-electron chi connectivity index (χ0n) is 21.7. The second-order valence-electron chi connectivity index (χ2n) is 10.4. The van der Waals surface area contributed by atoms with Crippen LogP contribution in [0.25, 0.3) is 0 Å². The average molecular weight is 583 g/mol. The number of aliphatic hydroxyl groups is 1. The summed E-state index contributed by atoms with van der Waals surface area (Å²) in [6.07, 6.45) is 1.02. The van der Waals surface area contributed by atoms with E-state index in [9.17, 15) is 23.2 Å². The Kier molecular flexibility index (Phi) is 7.55. The summed E-state index contributed by atoms with van der Waals surface area (Å²) in [6, 6.07) is 11.0. The van der Waals surface area contributed by atoms with E-state index in [0.29, 0.717) is 10.7 Å². The first-order valence-corrected chi connectivity index (χ1v) is 16.0. The third-order valence-electron chi connectivity index (χ3n) is 6.14. The minimum absolute atomic E-state index is 0.00529. The van der Waals surface area contributed by atoms with E-state index in [4.69, 9.17) is 16.1 Å². The fraction of sp³-hybridized carbons (Fsp3) is 0.360. The first-order valence-electron chi connectivity index (χ1n) is 12.0. The molecule has 2 aromatic rings. The summed E-state index contributed by atoms with van der Waals surface area (Å²) in [6.45, 7) is 7.77. The Bertz CT molecular complexity index is 1460. The van der Waals surface area contributed by atoms with Gasteiger partial charge in [0.05, 0.1) is 0 Å². The van der Waals surface area contributed by atoms with Crippen LogP contribution in [-0.4, -0.2) is 54.0 Å². The summed E-state index contributed by atoms with van der Waals surface area (Å²) in [7, 11) is -7.63. The van der Waals surface area contributed by atoms with E-state index in [0.717, 1.165) is 11.8 Å². The van der Waals surface area contributed by atoms with E-state index >= 15 is 0 Å². The number of halogens is 1. The number of carbonyl (C=O) groups is 1. The third kappa shape index (κ3) is 5.67. The number of hydrogen-bond donors (Lipinski definition) is 4. The molecule has 10 nitrogen and oxygen atoms in total. The normalized spacial score (nSPS) is 20.1. The van der Waals surface area contributed by atoms with Crippen LogP contribution in [0.4, 0.5) is 11.4 Å². The Morgan fingerprint density at radius 1 is 1.24 bits per heavy atom. The molecule has 0 radical (unpaired) electrons. The molecule has 2 aliphatic rings. The second kappa shape index (κ2) is 10.1. The van der Waals surface area contributed by atoms with Crippen LogP contribution in [0.5, 0.6) is 0 Å². The first kappa shape index (κ1) is 28.3. The molecule has 0 aromatic heterocycles. The number of amides is 1. The van der Waals surface area contributed by atoms with Crippen molar-refractivity contribution in [3.05, 3.63) is 64.4 Å². The van der Waals surface area contributed by atoms with E-state index in [2.05, 4.69) is 14.8 Å². The number of hydrogen-bond acceptors (Lipinski definition) is 8. The van der Waals surface area contributed by atoms with Crippen LogP contribution in [0.1, 0.15) is 33.3 Å². The first-order chi connectivity index (χ1) is 17.6. The Balaban J connectivity index is 1.78. The van der Waals surface area contributed by atoms with Crippen molar-refractivity contribution in [3.63, 3.8) is 0 Å². The maximum absolute atomic E-state index is 13.8. The summed E-state index contributed by atoms with van der Waals surface area (Å²) in [4.78, 5) is 27.0. The van der Waals surface area contributed by atoms with Crippen molar-refractivity contribution in [1.82, 2.24) is 4.90 Å². The Labute approximate surface area is 228 Å². The number of rotatable bonds is 7. The third-order valence-corrected chi connectivity index (χ3v) is 9.31. The number of nitrogens with one attached hydrogen (secondary N) is 2. The molecule has 0 spiro atoms. The van der Waals surface area contributed by atoms with Crippen molar-refractivity contribution in [2.24, 2.45) is 10.2 Å². The number of amidine groups is 1. The quantitative estimate of drug-likeness (QED) is 0.362. The van der Waals surface area contributed by atoms with Crippen LogP contribution in [0.3, 0.4) is 0 Å². The van der Waals surface area contributed by atoms with Gasteiger partial charge in [-0.05, 0) is 0 Å². The molecule has 4 rings (SSSR count). The van der Waals surface area contributed by atoms with Gasteiger partial charge in [-0.1, -0.05) is 0 Å². The number of fused-ring (bicyclic) bond motifs is 1. The van der Waals surface area contributed by atoms with Gasteiger partial charge in [0.2, 0.25) is 0 Å². The maximum atomic E-state index is 13.8. The van der Waals surface area contributed by atoms with Gasteiger partial charge in [0.1, 0.15) is 0 Å². The molecule has 1 amide bonds. The van der Waals surface area contributed by atoms with Gasteiger partial charge in [0, 0.05) is 0 Å². The molecular formula is C25H32ClN4O6PS. The van der Waals surface area contributed by atoms with E-state index in [1.54, 1.807) is 36.1 Å². The van der Waals surface area contributed by atoms with Crippen molar-refractivity contribution >= 4 is 57.9 Å². The predicted octanol–water partition coefficient (Wildman–Crippen LogP) is 3.95. The number of benzene rings is 2. The van der Waals surface area contributed by atoms with Gasteiger partial charge in [-0.15, -0.1) is 0 Å². The van der Waals surface area contributed by atoms with Gasteiger partial charge in [-0.3, -0.25) is 0 Å². The molecule has 4 N–H and O–H groups in total. The molecule has 0 bridgehead atoms. The van der Waals surface area contributed by atoms with Crippen molar-refractivity contribution in [2.75, 3.05) is 22.9 Å². The van der Waals surface area contributed by atoms with Crippen molar-refractivity contribution in [1.29, 1.82) is 0 Å². The van der Waals surface area contributed by atoms with Crippen LogP contribution in [0.2, 0.25) is 5.02 Å². The molecule has 38 heavy (non-hydrogen) atoms.